The number of nitrogens with zero attached hydrogens (tertiary/aromatic N) is 3. The third-order valence-electron chi connectivity index (χ3n) is 6.63. The Morgan fingerprint density at radius 3 is 2.29 bits per heavy atom. The van der Waals surface area contributed by atoms with Gasteiger partial charge in [-0.05, 0) is 74.4 Å². The molecule has 1 N–H and O–H groups in total. The molecule has 9 heteroatoms. The lowest BCUT2D eigenvalue weighted by molar-refractivity contribution is -0.118. The Morgan fingerprint density at radius 1 is 0.947 bits per heavy atom. The van der Waals surface area contributed by atoms with Gasteiger partial charge in [-0.25, -0.2) is 4.98 Å². The number of nitrogens with one attached hydrogen (secondary N) is 1. The smallest absolute Gasteiger partial charge is 0.286 e. The van der Waals surface area contributed by atoms with Gasteiger partial charge in [-0.1, -0.05) is 23.9 Å². The van der Waals surface area contributed by atoms with Crippen LogP contribution in [-0.2, 0) is 24.9 Å². The third kappa shape index (κ3) is 5.62. The first-order chi connectivity index (χ1) is 18.4. The van der Waals surface area contributed by atoms with Crippen molar-refractivity contribution in [2.75, 3.05) is 18.0 Å². The second-order valence-electron chi connectivity index (χ2n) is 9.03. The standard InChI is InChI=1S/C29H30N4O4S/c1-4-33(5-2)20-8-12-22(13-9-20)37-23-14-15-24-25(17-23)32(3)27(30-24)18-36-21-10-6-19(7-11-21)16-26-28(34)31-29(35)38-26/h6-15,17,26H,4-5,16,18H2,1-3H3,(H,31,34,35). The van der Waals surface area contributed by atoms with Crippen LogP contribution in [0.4, 0.5) is 10.5 Å². The maximum Gasteiger partial charge on any atom is 0.286 e. The van der Waals surface area contributed by atoms with Crippen molar-refractivity contribution in [1.82, 2.24) is 14.9 Å². The molecule has 2 heterocycles. The van der Waals surface area contributed by atoms with Gasteiger partial charge in [0, 0.05) is 31.9 Å². The molecular weight excluding hydrogens is 500 g/mol. The highest BCUT2D eigenvalue weighted by molar-refractivity contribution is 8.15. The number of hydrogen-bond donors (Lipinski definition) is 1. The summed E-state index contributed by atoms with van der Waals surface area (Å²) in [6, 6.07) is 21.6. The first-order valence-corrected chi connectivity index (χ1v) is 13.5. The minimum atomic E-state index is -0.380. The number of aromatic nitrogens is 2. The van der Waals surface area contributed by atoms with E-state index in [2.05, 4.69) is 36.2 Å². The molecular formula is C29H30N4O4S. The van der Waals surface area contributed by atoms with E-state index in [0.717, 1.165) is 58.8 Å². The predicted molar refractivity (Wildman–Crippen MR) is 150 cm³/mol. The van der Waals surface area contributed by atoms with Crippen LogP contribution in [0.1, 0.15) is 25.2 Å². The van der Waals surface area contributed by atoms with Gasteiger partial charge in [-0.3, -0.25) is 14.9 Å². The van der Waals surface area contributed by atoms with Crippen molar-refractivity contribution in [2.45, 2.75) is 32.1 Å². The van der Waals surface area contributed by atoms with Gasteiger partial charge in [-0.2, -0.15) is 0 Å². The second-order valence-corrected chi connectivity index (χ2v) is 10.2. The van der Waals surface area contributed by atoms with Crippen molar-refractivity contribution in [3.05, 3.63) is 78.1 Å². The summed E-state index contributed by atoms with van der Waals surface area (Å²) in [5, 5.41) is 1.65. The van der Waals surface area contributed by atoms with Crippen LogP contribution in [0.25, 0.3) is 11.0 Å². The highest BCUT2D eigenvalue weighted by atomic mass is 32.2. The number of aryl methyl sites for hydroxylation is 1. The Morgan fingerprint density at radius 2 is 1.63 bits per heavy atom. The Bertz CT molecular complexity index is 1450. The normalized spacial score (nSPS) is 15.1. The molecule has 4 aromatic rings. The monoisotopic (exact) mass is 530 g/mol. The molecule has 1 saturated heterocycles. The van der Waals surface area contributed by atoms with Crippen LogP contribution in [0.3, 0.4) is 0 Å². The molecule has 5 rings (SSSR count). The molecule has 1 aliphatic heterocycles. The summed E-state index contributed by atoms with van der Waals surface area (Å²) in [5.74, 6) is 2.80. The Hall–Kier alpha value is -3.98. The Labute approximate surface area is 225 Å². The molecule has 1 aromatic heterocycles. The van der Waals surface area contributed by atoms with Crippen molar-refractivity contribution in [1.29, 1.82) is 0 Å². The molecule has 3 aromatic carbocycles. The SMILES string of the molecule is CCN(CC)c1ccc(Oc2ccc3nc(COc4ccc(CC5SC(=O)NC5=O)cc4)n(C)c3c2)cc1. The maximum absolute atomic E-state index is 11.8. The molecule has 0 spiro atoms. The molecule has 0 radical (unpaired) electrons. The van der Waals surface area contributed by atoms with E-state index in [1.54, 1.807) is 0 Å². The Balaban J connectivity index is 1.22. The van der Waals surface area contributed by atoms with E-state index < -0.39 is 0 Å². The van der Waals surface area contributed by atoms with Crippen molar-refractivity contribution in [2.24, 2.45) is 7.05 Å². The number of carbonyl (C=O) groups excluding carboxylic acids is 2. The van der Waals surface area contributed by atoms with E-state index in [-0.39, 0.29) is 16.4 Å². The number of imidazole rings is 1. The van der Waals surface area contributed by atoms with Crippen molar-refractivity contribution in [3.8, 4) is 17.2 Å². The number of benzene rings is 3. The van der Waals surface area contributed by atoms with Crippen LogP contribution in [0.2, 0.25) is 0 Å². The fourth-order valence-electron chi connectivity index (χ4n) is 4.47. The van der Waals surface area contributed by atoms with Gasteiger partial charge in [0.2, 0.25) is 5.91 Å². The Kier molecular flexibility index (Phi) is 7.55. The number of amides is 2. The fourth-order valence-corrected chi connectivity index (χ4v) is 5.33. The maximum atomic E-state index is 11.8. The van der Waals surface area contributed by atoms with E-state index in [0.29, 0.717) is 18.8 Å². The lowest BCUT2D eigenvalue weighted by Crippen LogP contribution is -2.25. The zero-order valence-electron chi connectivity index (χ0n) is 21.6. The number of fused-ring (bicyclic) bond motifs is 1. The van der Waals surface area contributed by atoms with Crippen molar-refractivity contribution < 1.29 is 19.1 Å². The molecule has 1 fully saturated rings. The minimum Gasteiger partial charge on any atom is -0.486 e. The molecule has 1 atom stereocenters. The van der Waals surface area contributed by atoms with Gasteiger partial charge in [0.05, 0.1) is 16.3 Å². The summed E-state index contributed by atoms with van der Waals surface area (Å²) in [6.45, 7) is 6.54. The van der Waals surface area contributed by atoms with E-state index >= 15 is 0 Å². The van der Waals surface area contributed by atoms with Gasteiger partial charge in [0.1, 0.15) is 29.7 Å². The van der Waals surface area contributed by atoms with Crippen molar-refractivity contribution in [3.63, 3.8) is 0 Å². The topological polar surface area (TPSA) is 85.7 Å². The van der Waals surface area contributed by atoms with Crippen LogP contribution in [0.15, 0.2) is 66.7 Å². The number of ether oxygens (including phenoxy) is 2. The number of thioether (sulfide) groups is 1. The number of rotatable bonds is 10. The first-order valence-electron chi connectivity index (χ1n) is 12.6. The van der Waals surface area contributed by atoms with E-state index in [9.17, 15) is 9.59 Å². The summed E-state index contributed by atoms with van der Waals surface area (Å²) >= 11 is 1.04. The molecule has 1 aliphatic rings. The number of carbonyl (C=O) groups is 2. The summed E-state index contributed by atoms with van der Waals surface area (Å²) in [6.07, 6.45) is 0.498. The highest BCUT2D eigenvalue weighted by Crippen LogP contribution is 2.28. The van der Waals surface area contributed by atoms with Crippen LogP contribution in [-0.4, -0.2) is 39.0 Å². The summed E-state index contributed by atoms with van der Waals surface area (Å²) in [7, 11) is 1.96. The average Bonchev–Trinajstić information content (AvgIpc) is 3.41. The average molecular weight is 531 g/mol. The molecule has 0 saturated carbocycles. The molecule has 1 unspecified atom stereocenters. The van der Waals surface area contributed by atoms with Crippen LogP contribution in [0, 0.1) is 0 Å². The number of hydrogen-bond acceptors (Lipinski definition) is 7. The van der Waals surface area contributed by atoms with E-state index in [1.165, 1.54) is 5.69 Å². The highest BCUT2D eigenvalue weighted by Gasteiger charge is 2.31. The van der Waals surface area contributed by atoms with Gasteiger partial charge in [-0.15, -0.1) is 0 Å². The lowest BCUT2D eigenvalue weighted by Gasteiger charge is -2.21. The molecule has 2 amide bonds. The van der Waals surface area contributed by atoms with Crippen molar-refractivity contribution >= 4 is 39.6 Å². The summed E-state index contributed by atoms with van der Waals surface area (Å²) in [4.78, 5) is 30.2. The molecule has 38 heavy (non-hydrogen) atoms. The zero-order chi connectivity index (χ0) is 26.6. The largest absolute Gasteiger partial charge is 0.486 e. The molecule has 0 bridgehead atoms. The molecule has 0 aliphatic carbocycles. The molecule has 8 nitrogen and oxygen atoms in total. The van der Waals surface area contributed by atoms with E-state index in [4.69, 9.17) is 14.5 Å². The van der Waals surface area contributed by atoms with Gasteiger partial charge >= 0.3 is 0 Å². The third-order valence-corrected chi connectivity index (χ3v) is 7.61. The van der Waals surface area contributed by atoms with Crippen LogP contribution < -0.4 is 19.7 Å². The van der Waals surface area contributed by atoms with Gasteiger partial charge < -0.3 is 18.9 Å². The number of anilines is 1. The van der Waals surface area contributed by atoms with Gasteiger partial charge in [0.25, 0.3) is 5.24 Å². The summed E-state index contributed by atoms with van der Waals surface area (Å²) in [5.41, 5.74) is 3.98. The zero-order valence-corrected chi connectivity index (χ0v) is 22.5. The van der Waals surface area contributed by atoms with Crippen LogP contribution in [0.5, 0.6) is 17.2 Å². The lowest BCUT2D eigenvalue weighted by atomic mass is 10.1. The second kappa shape index (κ2) is 11.2. The minimum absolute atomic E-state index is 0.232. The fraction of sp³-hybridized carbons (Fsp3) is 0.276. The molecule has 196 valence electrons. The van der Waals surface area contributed by atoms with E-state index in [1.807, 2.05) is 66.2 Å². The van der Waals surface area contributed by atoms with Crippen LogP contribution >= 0.6 is 11.8 Å². The quantitative estimate of drug-likeness (QED) is 0.282. The van der Waals surface area contributed by atoms with Gasteiger partial charge in [0.15, 0.2) is 0 Å². The predicted octanol–water partition coefficient (Wildman–Crippen LogP) is 5.68. The summed E-state index contributed by atoms with van der Waals surface area (Å²) < 4.78 is 14.1. The first kappa shape index (κ1) is 25.7. The number of imide groups is 1.